The average molecular weight is 495 g/mol. The number of carbonyl (C=O) groups excluding carboxylic acids is 1. The van der Waals surface area contributed by atoms with E-state index in [1.54, 1.807) is 36.4 Å². The van der Waals surface area contributed by atoms with Gasteiger partial charge in [-0.05, 0) is 55.0 Å². The van der Waals surface area contributed by atoms with Crippen LogP contribution in [0.25, 0.3) is 0 Å². The number of ether oxygens (including phenoxy) is 1. The van der Waals surface area contributed by atoms with E-state index in [0.29, 0.717) is 33.7 Å². The van der Waals surface area contributed by atoms with Gasteiger partial charge >= 0.3 is 0 Å². The predicted octanol–water partition coefficient (Wildman–Crippen LogP) is 5.72. The summed E-state index contributed by atoms with van der Waals surface area (Å²) in [6, 6.07) is 15.1. The summed E-state index contributed by atoms with van der Waals surface area (Å²) in [5.41, 5.74) is 0.348. The van der Waals surface area contributed by atoms with Gasteiger partial charge in [0.1, 0.15) is 17.3 Å². The number of nitrogens with one attached hydrogen (secondary N) is 1. The lowest BCUT2D eigenvalue weighted by Crippen LogP contribution is -2.26. The molecule has 0 aromatic heterocycles. The second-order valence-corrected chi connectivity index (χ2v) is 9.92. The van der Waals surface area contributed by atoms with E-state index in [1.165, 1.54) is 18.2 Å². The quantitative estimate of drug-likeness (QED) is 0.492. The van der Waals surface area contributed by atoms with Crippen molar-refractivity contribution < 1.29 is 22.3 Å². The minimum absolute atomic E-state index is 0.0230. The predicted molar refractivity (Wildman–Crippen MR) is 123 cm³/mol. The van der Waals surface area contributed by atoms with Crippen LogP contribution in [-0.2, 0) is 10.0 Å². The standard InChI is InChI=1S/C22H17Cl2FN2O4S/c23-15-3-1-4-17(12-15)31-21-13-16(6-7-18(21)24)26-22(28)14-5-8-20(19(25)11-14)27-9-2-10-32(27,29)30/h1,3-8,11-13H,2,9-10H2,(H,26,28). The van der Waals surface area contributed by atoms with E-state index in [4.69, 9.17) is 27.9 Å². The largest absolute Gasteiger partial charge is 0.456 e. The Kier molecular flexibility index (Phi) is 6.28. The molecule has 0 bridgehead atoms. The molecule has 4 rings (SSSR count). The SMILES string of the molecule is O=C(Nc1ccc(Cl)c(Oc2cccc(Cl)c2)c1)c1ccc(N2CCCS2(=O)=O)c(F)c1. The molecule has 0 radical (unpaired) electrons. The Morgan fingerprint density at radius 3 is 2.56 bits per heavy atom. The lowest BCUT2D eigenvalue weighted by atomic mass is 10.1. The van der Waals surface area contributed by atoms with Gasteiger partial charge in [0.2, 0.25) is 10.0 Å². The zero-order valence-electron chi connectivity index (χ0n) is 16.5. The summed E-state index contributed by atoms with van der Waals surface area (Å²) in [5.74, 6) is -0.616. The first-order valence-electron chi connectivity index (χ1n) is 9.57. The monoisotopic (exact) mass is 494 g/mol. The van der Waals surface area contributed by atoms with Gasteiger partial charge in [0.25, 0.3) is 5.91 Å². The summed E-state index contributed by atoms with van der Waals surface area (Å²) < 4.78 is 45.4. The molecule has 0 spiro atoms. The van der Waals surface area contributed by atoms with E-state index in [0.717, 1.165) is 10.4 Å². The van der Waals surface area contributed by atoms with Crippen molar-refractivity contribution in [1.29, 1.82) is 0 Å². The van der Waals surface area contributed by atoms with Crippen molar-refractivity contribution in [3.8, 4) is 11.5 Å². The average Bonchev–Trinajstić information content (AvgIpc) is 3.09. The molecule has 0 aliphatic carbocycles. The first-order chi connectivity index (χ1) is 15.2. The van der Waals surface area contributed by atoms with E-state index in [2.05, 4.69) is 5.32 Å². The lowest BCUT2D eigenvalue weighted by Gasteiger charge is -2.18. The highest BCUT2D eigenvalue weighted by atomic mass is 35.5. The van der Waals surface area contributed by atoms with Crippen LogP contribution in [0.5, 0.6) is 11.5 Å². The van der Waals surface area contributed by atoms with Crippen LogP contribution in [0, 0.1) is 5.82 Å². The Labute approximate surface area is 194 Å². The van der Waals surface area contributed by atoms with E-state index in [9.17, 15) is 17.6 Å². The Hall–Kier alpha value is -2.81. The maximum Gasteiger partial charge on any atom is 0.255 e. The highest BCUT2D eigenvalue weighted by Crippen LogP contribution is 2.33. The van der Waals surface area contributed by atoms with Crippen LogP contribution >= 0.6 is 23.2 Å². The molecule has 6 nitrogen and oxygen atoms in total. The minimum Gasteiger partial charge on any atom is -0.456 e. The molecular weight excluding hydrogens is 478 g/mol. The Bertz CT molecular complexity index is 1300. The molecule has 166 valence electrons. The number of carbonyl (C=O) groups is 1. The zero-order chi connectivity index (χ0) is 22.9. The first kappa shape index (κ1) is 22.4. The van der Waals surface area contributed by atoms with Gasteiger partial charge in [0, 0.05) is 28.9 Å². The number of rotatable bonds is 5. The lowest BCUT2D eigenvalue weighted by molar-refractivity contribution is 0.102. The van der Waals surface area contributed by atoms with Gasteiger partial charge < -0.3 is 10.1 Å². The topological polar surface area (TPSA) is 75.7 Å². The molecule has 1 heterocycles. The Morgan fingerprint density at radius 2 is 1.88 bits per heavy atom. The van der Waals surface area contributed by atoms with E-state index < -0.39 is 21.7 Å². The number of halogens is 3. The number of anilines is 2. The highest BCUT2D eigenvalue weighted by Gasteiger charge is 2.30. The van der Waals surface area contributed by atoms with Crippen LogP contribution in [0.3, 0.4) is 0 Å². The van der Waals surface area contributed by atoms with Crippen molar-refractivity contribution in [1.82, 2.24) is 0 Å². The third kappa shape index (κ3) is 4.82. The molecule has 1 fully saturated rings. The van der Waals surface area contributed by atoms with Crippen LogP contribution < -0.4 is 14.4 Å². The van der Waals surface area contributed by atoms with E-state index in [1.807, 2.05) is 0 Å². The summed E-state index contributed by atoms with van der Waals surface area (Å²) in [6.07, 6.45) is 0.431. The van der Waals surface area contributed by atoms with E-state index >= 15 is 0 Å². The molecule has 1 aliphatic rings. The van der Waals surface area contributed by atoms with E-state index in [-0.39, 0.29) is 23.5 Å². The molecule has 0 saturated carbocycles. The van der Waals surface area contributed by atoms with Gasteiger partial charge in [-0.25, -0.2) is 12.8 Å². The number of hydrogen-bond donors (Lipinski definition) is 1. The van der Waals surface area contributed by atoms with Gasteiger partial charge in [0.15, 0.2) is 0 Å². The summed E-state index contributed by atoms with van der Waals surface area (Å²) >= 11 is 12.2. The van der Waals surface area contributed by atoms with Crippen LogP contribution in [0.2, 0.25) is 10.0 Å². The molecule has 1 aliphatic heterocycles. The number of amides is 1. The normalized spacial score (nSPS) is 14.9. The Morgan fingerprint density at radius 1 is 1.06 bits per heavy atom. The van der Waals surface area contributed by atoms with Crippen molar-refractivity contribution in [2.24, 2.45) is 0 Å². The first-order valence-corrected chi connectivity index (χ1v) is 11.9. The fraction of sp³-hybridized carbons (Fsp3) is 0.136. The highest BCUT2D eigenvalue weighted by molar-refractivity contribution is 7.93. The molecular formula is C22H17Cl2FN2O4S. The third-order valence-corrected chi connectivity index (χ3v) is 7.19. The Balaban J connectivity index is 1.52. The summed E-state index contributed by atoms with van der Waals surface area (Å²) in [4.78, 5) is 12.6. The van der Waals surface area contributed by atoms with Crippen LogP contribution in [0.1, 0.15) is 16.8 Å². The van der Waals surface area contributed by atoms with Crippen molar-refractivity contribution in [3.63, 3.8) is 0 Å². The van der Waals surface area contributed by atoms with Gasteiger partial charge in [-0.1, -0.05) is 29.3 Å². The van der Waals surface area contributed by atoms with Crippen LogP contribution in [0.15, 0.2) is 60.7 Å². The molecule has 1 amide bonds. The summed E-state index contributed by atoms with van der Waals surface area (Å²) in [5, 5.41) is 3.47. The molecule has 0 unspecified atom stereocenters. The van der Waals surface area contributed by atoms with Gasteiger partial charge in [-0.2, -0.15) is 0 Å². The second-order valence-electron chi connectivity index (χ2n) is 7.07. The fourth-order valence-electron chi connectivity index (χ4n) is 3.28. The molecule has 32 heavy (non-hydrogen) atoms. The van der Waals surface area contributed by atoms with Crippen molar-refractivity contribution in [2.45, 2.75) is 6.42 Å². The molecule has 3 aromatic carbocycles. The van der Waals surface area contributed by atoms with Crippen molar-refractivity contribution in [2.75, 3.05) is 21.9 Å². The molecule has 1 saturated heterocycles. The van der Waals surface area contributed by atoms with Gasteiger partial charge in [-0.3, -0.25) is 9.10 Å². The number of hydrogen-bond acceptors (Lipinski definition) is 4. The number of benzene rings is 3. The van der Waals surface area contributed by atoms with Crippen LogP contribution in [-0.4, -0.2) is 26.6 Å². The fourth-order valence-corrected chi connectivity index (χ4v) is 5.19. The van der Waals surface area contributed by atoms with Gasteiger partial charge in [-0.15, -0.1) is 0 Å². The molecule has 1 N–H and O–H groups in total. The zero-order valence-corrected chi connectivity index (χ0v) is 18.8. The minimum atomic E-state index is -3.52. The third-order valence-electron chi connectivity index (χ3n) is 4.79. The summed E-state index contributed by atoms with van der Waals surface area (Å²) in [7, 11) is -3.52. The van der Waals surface area contributed by atoms with Crippen LogP contribution in [0.4, 0.5) is 15.8 Å². The second kappa shape index (κ2) is 8.97. The summed E-state index contributed by atoms with van der Waals surface area (Å²) in [6.45, 7) is 0.213. The number of sulfonamides is 1. The van der Waals surface area contributed by atoms with Gasteiger partial charge in [0.05, 0.1) is 16.5 Å². The molecule has 3 aromatic rings. The number of nitrogens with zero attached hydrogens (tertiary/aromatic N) is 1. The smallest absolute Gasteiger partial charge is 0.255 e. The maximum atomic E-state index is 14.6. The van der Waals surface area contributed by atoms with Crippen molar-refractivity contribution in [3.05, 3.63) is 82.1 Å². The van der Waals surface area contributed by atoms with Crippen molar-refractivity contribution >= 4 is 50.5 Å². The maximum absolute atomic E-state index is 14.6. The molecule has 10 heteroatoms. The molecule has 0 atom stereocenters.